The molecule has 1 aliphatic heterocycles. The summed E-state index contributed by atoms with van der Waals surface area (Å²) in [5.41, 5.74) is -0.320. The summed E-state index contributed by atoms with van der Waals surface area (Å²) >= 11 is 0. The van der Waals surface area contributed by atoms with Crippen molar-refractivity contribution < 1.29 is 42.5 Å². The summed E-state index contributed by atoms with van der Waals surface area (Å²) in [6.07, 6.45) is -2.45. The number of hydrogen-bond donors (Lipinski definition) is 4. The third-order valence-corrected chi connectivity index (χ3v) is 6.00. The number of phenols is 2. The van der Waals surface area contributed by atoms with Crippen molar-refractivity contribution in [2.24, 2.45) is 0 Å². The molecule has 1 amide bonds. The third kappa shape index (κ3) is 4.21. The first-order valence-corrected chi connectivity index (χ1v) is 10.9. The quantitative estimate of drug-likeness (QED) is 0.149. The van der Waals surface area contributed by atoms with E-state index in [4.69, 9.17) is 4.42 Å². The van der Waals surface area contributed by atoms with Crippen molar-refractivity contribution in [3.8, 4) is 33.9 Å². The molecule has 0 saturated heterocycles. The topological polar surface area (TPSA) is 150 Å². The van der Waals surface area contributed by atoms with Crippen molar-refractivity contribution >= 4 is 34.0 Å². The molecule has 38 heavy (non-hydrogen) atoms. The largest absolute Gasteiger partial charge is 0.506 e. The summed E-state index contributed by atoms with van der Waals surface area (Å²) in [5.74, 6) is -4.68. The number of carbonyl (C=O) groups excluding carboxylic acids is 1. The summed E-state index contributed by atoms with van der Waals surface area (Å²) in [7, 11) is 0. The van der Waals surface area contributed by atoms with E-state index in [0.717, 1.165) is 24.3 Å². The number of fused-ring (bicyclic) bond motifs is 3. The fourth-order valence-electron chi connectivity index (χ4n) is 4.31. The van der Waals surface area contributed by atoms with Crippen LogP contribution in [0.25, 0.3) is 44.3 Å². The molecule has 3 aromatic rings. The Morgan fingerprint density at radius 3 is 2.42 bits per heavy atom. The Morgan fingerprint density at radius 2 is 1.71 bits per heavy atom. The molecular weight excluding hydrogens is 509 g/mol. The summed E-state index contributed by atoms with van der Waals surface area (Å²) in [6.45, 7) is 0. The van der Waals surface area contributed by atoms with Gasteiger partial charge in [-0.1, -0.05) is 6.07 Å². The molecule has 192 valence electrons. The van der Waals surface area contributed by atoms with E-state index >= 15 is 0 Å². The standard InChI is InChI=1S/C26H15F3N2O7/c27-15-6-13-21(8-19(15)33)38-22-9-20(34)16(28)7-14(22)23(13)11-3-4-18(32)24-12(11)2-1-10(30-24)5-17(25(35)36)31-26(29)37/h1-4,6-9,17,32-33H,5H2,(H,31,37)(H,35,36). The van der Waals surface area contributed by atoms with Gasteiger partial charge in [0.05, 0.1) is 0 Å². The maximum atomic E-state index is 14.4. The van der Waals surface area contributed by atoms with Crippen LogP contribution in [0.4, 0.5) is 18.0 Å². The lowest BCUT2D eigenvalue weighted by molar-refractivity contribution is -0.139. The van der Waals surface area contributed by atoms with Crippen LogP contribution in [0.5, 0.6) is 11.5 Å². The third-order valence-electron chi connectivity index (χ3n) is 6.00. The second-order valence-corrected chi connectivity index (χ2v) is 8.40. The van der Waals surface area contributed by atoms with Crippen molar-refractivity contribution in [3.63, 3.8) is 0 Å². The highest BCUT2D eigenvalue weighted by Gasteiger charge is 2.24. The van der Waals surface area contributed by atoms with E-state index in [2.05, 4.69) is 4.98 Å². The molecule has 5 rings (SSSR count). The predicted molar refractivity (Wildman–Crippen MR) is 128 cm³/mol. The smallest absolute Gasteiger partial charge is 0.398 e. The van der Waals surface area contributed by atoms with Gasteiger partial charge >= 0.3 is 12.1 Å². The van der Waals surface area contributed by atoms with E-state index in [1.54, 1.807) is 5.32 Å². The first kappa shape index (κ1) is 24.6. The van der Waals surface area contributed by atoms with Crippen molar-refractivity contribution in [3.05, 3.63) is 76.1 Å². The molecule has 0 spiro atoms. The molecule has 4 N–H and O–H groups in total. The van der Waals surface area contributed by atoms with Gasteiger partial charge in [0, 0.05) is 46.1 Å². The molecule has 2 heterocycles. The average molecular weight is 524 g/mol. The van der Waals surface area contributed by atoms with Crippen LogP contribution in [0.15, 0.2) is 57.7 Å². The number of carbonyl (C=O) groups is 2. The molecule has 0 fully saturated rings. The van der Waals surface area contributed by atoms with Crippen LogP contribution in [-0.4, -0.2) is 38.5 Å². The van der Waals surface area contributed by atoms with Crippen molar-refractivity contribution in [2.45, 2.75) is 12.5 Å². The molecule has 2 aromatic carbocycles. The highest BCUT2D eigenvalue weighted by Crippen LogP contribution is 2.44. The maximum absolute atomic E-state index is 14.4. The monoisotopic (exact) mass is 524 g/mol. The van der Waals surface area contributed by atoms with Crippen LogP contribution < -0.4 is 10.7 Å². The molecule has 12 heteroatoms. The number of halogens is 3. The maximum Gasteiger partial charge on any atom is 0.398 e. The molecule has 0 saturated carbocycles. The zero-order valence-electron chi connectivity index (χ0n) is 19.0. The number of carboxylic acid groups (broad SMARTS) is 1. The Morgan fingerprint density at radius 1 is 0.947 bits per heavy atom. The molecule has 9 nitrogen and oxygen atoms in total. The first-order valence-electron chi connectivity index (χ1n) is 10.9. The van der Waals surface area contributed by atoms with Gasteiger partial charge in [0.1, 0.15) is 28.7 Å². The Kier molecular flexibility index (Phi) is 5.86. The van der Waals surface area contributed by atoms with Crippen molar-refractivity contribution in [2.75, 3.05) is 0 Å². The number of nitrogens with zero attached hydrogens (tertiary/aromatic N) is 1. The van der Waals surface area contributed by atoms with Gasteiger partial charge in [-0.05, 0) is 35.9 Å². The minimum absolute atomic E-state index is 0.0190. The van der Waals surface area contributed by atoms with E-state index in [-0.39, 0.29) is 50.2 Å². The highest BCUT2D eigenvalue weighted by molar-refractivity contribution is 6.09. The number of amides is 1. The molecular formula is C26H15F3N2O7. The molecule has 0 bridgehead atoms. The number of pyridine rings is 1. The number of phenolic OH excluding ortho intramolecular Hbond substituents is 2. The number of aliphatic carboxylic acids is 1. The van der Waals surface area contributed by atoms with Gasteiger partial charge in [-0.2, -0.15) is 0 Å². The highest BCUT2D eigenvalue weighted by atomic mass is 19.1. The van der Waals surface area contributed by atoms with Crippen LogP contribution >= 0.6 is 0 Å². The van der Waals surface area contributed by atoms with E-state index in [1.165, 1.54) is 24.3 Å². The molecule has 1 unspecified atom stereocenters. The number of rotatable bonds is 5. The Bertz CT molecular complexity index is 1820. The minimum Gasteiger partial charge on any atom is -0.506 e. The van der Waals surface area contributed by atoms with E-state index in [1.807, 2.05) is 0 Å². The predicted octanol–water partition coefficient (Wildman–Crippen LogP) is 4.48. The molecule has 1 aromatic heterocycles. The number of benzene rings is 3. The lowest BCUT2D eigenvalue weighted by Crippen LogP contribution is -2.40. The SMILES string of the molecule is O=C(F)NC(Cc1ccc2c(-c3c4cc(F)c(=O)cc-4oc4cc(O)c(F)cc34)ccc(O)c2n1)C(=O)O. The Hall–Kier alpha value is -5.13. The van der Waals surface area contributed by atoms with Crippen molar-refractivity contribution in [1.29, 1.82) is 0 Å². The molecule has 2 aliphatic rings. The Balaban J connectivity index is 1.78. The Labute approximate surface area is 209 Å². The van der Waals surface area contributed by atoms with Crippen LogP contribution in [0.3, 0.4) is 0 Å². The van der Waals surface area contributed by atoms with E-state index in [0.29, 0.717) is 5.56 Å². The lowest BCUT2D eigenvalue weighted by atomic mass is 9.91. The van der Waals surface area contributed by atoms with E-state index in [9.17, 15) is 42.9 Å². The van der Waals surface area contributed by atoms with Gasteiger partial charge in [0.15, 0.2) is 17.4 Å². The number of aromatic nitrogens is 1. The first-order chi connectivity index (χ1) is 18.0. The number of carboxylic acids is 1. The number of nitrogens with one attached hydrogen (secondary N) is 1. The molecule has 1 aliphatic carbocycles. The van der Waals surface area contributed by atoms with Crippen LogP contribution in [0.2, 0.25) is 0 Å². The second kappa shape index (κ2) is 9.07. The van der Waals surface area contributed by atoms with Gasteiger partial charge in [-0.25, -0.2) is 23.4 Å². The summed E-state index contributed by atoms with van der Waals surface area (Å²) in [6, 6.07) is 7.73. The zero-order valence-corrected chi connectivity index (χ0v) is 19.0. The van der Waals surface area contributed by atoms with Crippen molar-refractivity contribution in [1.82, 2.24) is 10.3 Å². The van der Waals surface area contributed by atoms with Gasteiger partial charge in [-0.3, -0.25) is 4.79 Å². The van der Waals surface area contributed by atoms with Gasteiger partial charge in [-0.15, -0.1) is 4.39 Å². The van der Waals surface area contributed by atoms with Gasteiger partial charge < -0.3 is 25.1 Å². The fourth-order valence-corrected chi connectivity index (χ4v) is 4.31. The molecule has 1 atom stereocenters. The molecule has 0 radical (unpaired) electrons. The number of aromatic hydroxyl groups is 2. The summed E-state index contributed by atoms with van der Waals surface area (Å²) in [4.78, 5) is 38.3. The fraction of sp³-hybridized carbons (Fsp3) is 0.0769. The van der Waals surface area contributed by atoms with Gasteiger partial charge in [0.25, 0.3) is 0 Å². The van der Waals surface area contributed by atoms with E-state index < -0.39 is 47.4 Å². The van der Waals surface area contributed by atoms with Crippen LogP contribution in [0, 0.1) is 11.6 Å². The number of hydrogen-bond acceptors (Lipinski definition) is 7. The van der Waals surface area contributed by atoms with Crippen LogP contribution in [0.1, 0.15) is 5.69 Å². The second-order valence-electron chi connectivity index (χ2n) is 8.40. The minimum atomic E-state index is -2.04. The normalized spacial score (nSPS) is 12.2. The average Bonchev–Trinajstić information content (AvgIpc) is 2.85. The van der Waals surface area contributed by atoms with Crippen LogP contribution in [-0.2, 0) is 11.2 Å². The summed E-state index contributed by atoms with van der Waals surface area (Å²) < 4.78 is 47.2. The lowest BCUT2D eigenvalue weighted by Gasteiger charge is -2.18. The zero-order chi connectivity index (χ0) is 27.3. The van der Waals surface area contributed by atoms with Gasteiger partial charge in [0.2, 0.25) is 5.43 Å². The summed E-state index contributed by atoms with van der Waals surface area (Å²) in [5, 5.41) is 31.7.